The molecular formula is C19H15FN4O2. The number of hydrogen-bond donors (Lipinski definition) is 1. The Bertz CT molecular complexity index is 1060. The van der Waals surface area contributed by atoms with Gasteiger partial charge in [-0.2, -0.15) is 4.98 Å². The molecule has 2 aromatic heterocycles. The van der Waals surface area contributed by atoms with Crippen LogP contribution >= 0.6 is 0 Å². The van der Waals surface area contributed by atoms with Crippen LogP contribution < -0.4 is 0 Å². The minimum Gasteiger partial charge on any atom is -0.380 e. The second kappa shape index (κ2) is 5.74. The summed E-state index contributed by atoms with van der Waals surface area (Å²) < 4.78 is 24.5. The van der Waals surface area contributed by atoms with Gasteiger partial charge in [-0.1, -0.05) is 17.3 Å². The molecule has 1 atom stereocenters. The van der Waals surface area contributed by atoms with Crippen LogP contribution in [-0.4, -0.2) is 33.3 Å². The van der Waals surface area contributed by atoms with E-state index in [1.54, 1.807) is 18.5 Å². The molecule has 1 N–H and O–H groups in total. The number of hydrogen-bond acceptors (Lipinski definition) is 5. The standard InChI is InChI=1S/C19H15FN4O2/c20-14-4-2-13(3-5-14)19(7-8-25-10-19)18-23-17(26-24-18)12-1-6-15-16(9-12)22-11-21-15/h1-6,9,11H,7-8,10H2,(H,21,22)/t19-/m1/s1. The SMILES string of the molecule is Fc1ccc([C@@]2(c3noc(-c4ccc5nc[nH]c5c4)n3)CCOC2)cc1. The average Bonchev–Trinajstić information content (AvgIpc) is 3.41. The molecule has 1 aliphatic rings. The molecule has 0 unspecified atom stereocenters. The van der Waals surface area contributed by atoms with Gasteiger partial charge in [-0.3, -0.25) is 0 Å². The zero-order valence-corrected chi connectivity index (χ0v) is 13.8. The van der Waals surface area contributed by atoms with E-state index in [1.807, 2.05) is 18.2 Å². The van der Waals surface area contributed by atoms with Crippen molar-refractivity contribution < 1.29 is 13.7 Å². The minimum absolute atomic E-state index is 0.274. The monoisotopic (exact) mass is 350 g/mol. The first-order valence-electron chi connectivity index (χ1n) is 8.36. The lowest BCUT2D eigenvalue weighted by molar-refractivity contribution is 0.182. The van der Waals surface area contributed by atoms with Crippen molar-refractivity contribution in [3.8, 4) is 11.5 Å². The molecule has 2 aromatic carbocycles. The molecule has 1 fully saturated rings. The molecule has 3 heterocycles. The Morgan fingerprint density at radius 1 is 1.12 bits per heavy atom. The van der Waals surface area contributed by atoms with E-state index in [4.69, 9.17) is 9.26 Å². The number of aromatic amines is 1. The lowest BCUT2D eigenvalue weighted by Crippen LogP contribution is -2.29. The number of rotatable bonds is 3. The lowest BCUT2D eigenvalue weighted by atomic mass is 9.79. The van der Waals surface area contributed by atoms with Crippen LogP contribution in [0.2, 0.25) is 0 Å². The van der Waals surface area contributed by atoms with E-state index in [9.17, 15) is 4.39 Å². The zero-order chi connectivity index (χ0) is 17.6. The van der Waals surface area contributed by atoms with Crippen LogP contribution in [0.5, 0.6) is 0 Å². The van der Waals surface area contributed by atoms with Crippen LogP contribution in [0.1, 0.15) is 17.8 Å². The van der Waals surface area contributed by atoms with Crippen molar-refractivity contribution in [2.45, 2.75) is 11.8 Å². The fraction of sp³-hybridized carbons (Fsp3) is 0.211. The van der Waals surface area contributed by atoms with Crippen molar-refractivity contribution in [2.75, 3.05) is 13.2 Å². The van der Waals surface area contributed by atoms with E-state index in [2.05, 4.69) is 20.1 Å². The third-order valence-corrected chi connectivity index (χ3v) is 4.94. The first-order valence-corrected chi connectivity index (χ1v) is 8.36. The summed E-state index contributed by atoms with van der Waals surface area (Å²) in [5, 5.41) is 4.23. The highest BCUT2D eigenvalue weighted by Crippen LogP contribution is 2.39. The largest absolute Gasteiger partial charge is 0.380 e. The number of aromatic nitrogens is 4. The first-order chi connectivity index (χ1) is 12.7. The molecular weight excluding hydrogens is 335 g/mol. The Kier molecular flexibility index (Phi) is 3.36. The molecule has 0 aliphatic carbocycles. The summed E-state index contributed by atoms with van der Waals surface area (Å²) in [6, 6.07) is 12.1. The Morgan fingerprint density at radius 2 is 2.00 bits per heavy atom. The van der Waals surface area contributed by atoms with Gasteiger partial charge >= 0.3 is 0 Å². The maximum absolute atomic E-state index is 13.3. The molecule has 26 heavy (non-hydrogen) atoms. The average molecular weight is 350 g/mol. The zero-order valence-electron chi connectivity index (χ0n) is 13.8. The number of H-pyrrole nitrogens is 1. The van der Waals surface area contributed by atoms with Crippen LogP contribution in [0.3, 0.4) is 0 Å². The number of imidazole rings is 1. The van der Waals surface area contributed by atoms with Crippen LogP contribution in [0.15, 0.2) is 53.3 Å². The van der Waals surface area contributed by atoms with Gasteiger partial charge in [-0.25, -0.2) is 9.37 Å². The second-order valence-corrected chi connectivity index (χ2v) is 6.45. The van der Waals surface area contributed by atoms with Gasteiger partial charge in [-0.15, -0.1) is 0 Å². The quantitative estimate of drug-likeness (QED) is 0.612. The summed E-state index contributed by atoms with van der Waals surface area (Å²) >= 11 is 0. The third kappa shape index (κ3) is 2.32. The molecule has 0 saturated carbocycles. The normalized spacial score (nSPS) is 20.0. The number of nitrogens with zero attached hydrogens (tertiary/aromatic N) is 3. The number of nitrogens with one attached hydrogen (secondary N) is 1. The van der Waals surface area contributed by atoms with Gasteiger partial charge in [0.05, 0.1) is 29.4 Å². The van der Waals surface area contributed by atoms with E-state index in [0.29, 0.717) is 24.9 Å². The molecule has 4 aromatic rings. The molecule has 7 heteroatoms. The van der Waals surface area contributed by atoms with Gasteiger partial charge in [0.25, 0.3) is 5.89 Å². The Labute approximate surface area is 148 Å². The summed E-state index contributed by atoms with van der Waals surface area (Å²) in [6.45, 7) is 1.04. The third-order valence-electron chi connectivity index (χ3n) is 4.94. The highest BCUT2D eigenvalue weighted by Gasteiger charge is 2.43. The smallest absolute Gasteiger partial charge is 0.258 e. The molecule has 1 aliphatic heterocycles. The van der Waals surface area contributed by atoms with Gasteiger partial charge in [0.15, 0.2) is 5.82 Å². The Balaban J connectivity index is 1.57. The van der Waals surface area contributed by atoms with Crippen LogP contribution in [0, 0.1) is 5.82 Å². The van der Waals surface area contributed by atoms with Gasteiger partial charge < -0.3 is 14.2 Å². The summed E-state index contributed by atoms with van der Waals surface area (Å²) in [6.07, 6.45) is 2.37. The molecule has 0 radical (unpaired) electrons. The maximum Gasteiger partial charge on any atom is 0.258 e. The topological polar surface area (TPSA) is 76.8 Å². The van der Waals surface area contributed by atoms with Gasteiger partial charge in [0.2, 0.25) is 0 Å². The van der Waals surface area contributed by atoms with Crippen molar-refractivity contribution in [3.05, 3.63) is 66.0 Å². The summed E-state index contributed by atoms with van der Waals surface area (Å²) in [5.74, 6) is 0.718. The van der Waals surface area contributed by atoms with Crippen molar-refractivity contribution >= 4 is 11.0 Å². The van der Waals surface area contributed by atoms with Crippen molar-refractivity contribution in [2.24, 2.45) is 0 Å². The fourth-order valence-corrected chi connectivity index (χ4v) is 3.47. The Morgan fingerprint density at radius 3 is 2.81 bits per heavy atom. The van der Waals surface area contributed by atoms with E-state index in [0.717, 1.165) is 28.6 Å². The molecule has 0 amide bonds. The van der Waals surface area contributed by atoms with Crippen LogP contribution in [0.4, 0.5) is 4.39 Å². The Hall–Kier alpha value is -3.06. The van der Waals surface area contributed by atoms with Crippen molar-refractivity contribution in [1.82, 2.24) is 20.1 Å². The van der Waals surface area contributed by atoms with Crippen LogP contribution in [0.25, 0.3) is 22.5 Å². The summed E-state index contributed by atoms with van der Waals surface area (Å²) in [7, 11) is 0. The van der Waals surface area contributed by atoms with Crippen molar-refractivity contribution in [1.29, 1.82) is 0 Å². The fourth-order valence-electron chi connectivity index (χ4n) is 3.47. The minimum atomic E-state index is -0.520. The van der Waals surface area contributed by atoms with Gasteiger partial charge in [-0.05, 0) is 42.3 Å². The number of benzene rings is 2. The predicted octanol–water partition coefficient (Wildman–Crippen LogP) is 3.46. The highest BCUT2D eigenvalue weighted by atomic mass is 19.1. The molecule has 1 saturated heterocycles. The highest BCUT2D eigenvalue weighted by molar-refractivity contribution is 5.79. The molecule has 0 bridgehead atoms. The lowest BCUT2D eigenvalue weighted by Gasteiger charge is -2.23. The van der Waals surface area contributed by atoms with Gasteiger partial charge in [0.1, 0.15) is 5.82 Å². The molecule has 5 rings (SSSR count). The van der Waals surface area contributed by atoms with E-state index < -0.39 is 5.41 Å². The summed E-state index contributed by atoms with van der Waals surface area (Å²) in [5.41, 5.74) is 3.00. The second-order valence-electron chi connectivity index (χ2n) is 6.45. The van der Waals surface area contributed by atoms with Crippen LogP contribution in [-0.2, 0) is 10.2 Å². The number of fused-ring (bicyclic) bond motifs is 1. The molecule has 130 valence electrons. The summed E-state index contributed by atoms with van der Waals surface area (Å²) in [4.78, 5) is 11.9. The first kappa shape index (κ1) is 15.2. The number of ether oxygens (including phenoxy) is 1. The van der Waals surface area contributed by atoms with E-state index in [-0.39, 0.29) is 5.82 Å². The van der Waals surface area contributed by atoms with E-state index >= 15 is 0 Å². The van der Waals surface area contributed by atoms with E-state index in [1.165, 1.54) is 12.1 Å². The van der Waals surface area contributed by atoms with Crippen molar-refractivity contribution in [3.63, 3.8) is 0 Å². The molecule has 6 nitrogen and oxygen atoms in total. The number of halogens is 1. The van der Waals surface area contributed by atoms with Gasteiger partial charge in [0, 0.05) is 12.2 Å². The molecule has 0 spiro atoms. The predicted molar refractivity (Wildman–Crippen MR) is 92.0 cm³/mol. The maximum atomic E-state index is 13.3.